The molecule has 1 aromatic rings. The first kappa shape index (κ1) is 10.7. The molecule has 1 aromatic heterocycles. The summed E-state index contributed by atoms with van der Waals surface area (Å²) in [6, 6.07) is 2.09. The first-order valence-electron chi connectivity index (χ1n) is 4.52. The van der Waals surface area contributed by atoms with Crippen LogP contribution in [0, 0.1) is 6.92 Å². The number of nitrogens with two attached hydrogens (primary N) is 1. The van der Waals surface area contributed by atoms with Crippen molar-refractivity contribution in [3.8, 4) is 0 Å². The Morgan fingerprint density at radius 3 is 2.77 bits per heavy atom. The summed E-state index contributed by atoms with van der Waals surface area (Å²) < 4.78 is 0. The lowest BCUT2D eigenvalue weighted by atomic mass is 9.93. The summed E-state index contributed by atoms with van der Waals surface area (Å²) >= 11 is 1.70. The standard InChI is InChI=1S/C10H17NOS/c1-8-4-7-13-9(8)10(2,11)5-3-6-12/h4,7,12H,3,5-6,11H2,1-2H3. The fourth-order valence-corrected chi connectivity index (χ4v) is 2.55. The van der Waals surface area contributed by atoms with Gasteiger partial charge < -0.3 is 10.8 Å². The molecule has 0 fully saturated rings. The van der Waals surface area contributed by atoms with Crippen molar-refractivity contribution in [3.63, 3.8) is 0 Å². The summed E-state index contributed by atoms with van der Waals surface area (Å²) in [6.45, 7) is 4.33. The molecular weight excluding hydrogens is 182 g/mol. The van der Waals surface area contributed by atoms with Gasteiger partial charge >= 0.3 is 0 Å². The lowest BCUT2D eigenvalue weighted by Crippen LogP contribution is -2.32. The van der Waals surface area contributed by atoms with Crippen LogP contribution in [-0.4, -0.2) is 11.7 Å². The van der Waals surface area contributed by atoms with Crippen molar-refractivity contribution in [2.24, 2.45) is 5.73 Å². The Morgan fingerprint density at radius 1 is 1.62 bits per heavy atom. The van der Waals surface area contributed by atoms with Crippen molar-refractivity contribution in [1.29, 1.82) is 0 Å². The van der Waals surface area contributed by atoms with Gasteiger partial charge in [0.15, 0.2) is 0 Å². The van der Waals surface area contributed by atoms with Crippen molar-refractivity contribution in [3.05, 3.63) is 21.9 Å². The van der Waals surface area contributed by atoms with Gasteiger partial charge in [-0.3, -0.25) is 0 Å². The van der Waals surface area contributed by atoms with Gasteiger partial charge in [0.2, 0.25) is 0 Å². The predicted octanol–water partition coefficient (Wildman–Crippen LogP) is 2.00. The monoisotopic (exact) mass is 199 g/mol. The number of rotatable bonds is 4. The number of aliphatic hydroxyl groups excluding tert-OH is 1. The SMILES string of the molecule is Cc1ccsc1C(C)(N)CCCO. The second-order valence-electron chi connectivity index (χ2n) is 3.68. The van der Waals surface area contributed by atoms with E-state index in [-0.39, 0.29) is 12.1 Å². The molecule has 0 aliphatic rings. The zero-order valence-electron chi connectivity index (χ0n) is 8.21. The Morgan fingerprint density at radius 2 is 2.31 bits per heavy atom. The molecule has 0 spiro atoms. The molecule has 0 radical (unpaired) electrons. The Bertz CT molecular complexity index is 268. The predicted molar refractivity (Wildman–Crippen MR) is 56.9 cm³/mol. The molecule has 3 N–H and O–H groups in total. The molecule has 0 aliphatic heterocycles. The molecule has 0 amide bonds. The minimum Gasteiger partial charge on any atom is -0.396 e. The largest absolute Gasteiger partial charge is 0.396 e. The number of hydrogen-bond acceptors (Lipinski definition) is 3. The van der Waals surface area contributed by atoms with Crippen molar-refractivity contribution in [2.45, 2.75) is 32.2 Å². The third-order valence-corrected chi connectivity index (χ3v) is 3.53. The molecule has 1 atom stereocenters. The average Bonchev–Trinajstić information content (AvgIpc) is 2.48. The fourth-order valence-electron chi connectivity index (χ4n) is 1.52. The Hall–Kier alpha value is -0.380. The van der Waals surface area contributed by atoms with E-state index in [0.717, 1.165) is 12.8 Å². The van der Waals surface area contributed by atoms with Gasteiger partial charge in [-0.15, -0.1) is 11.3 Å². The molecule has 0 aromatic carbocycles. The van der Waals surface area contributed by atoms with Gasteiger partial charge in [-0.2, -0.15) is 0 Å². The maximum Gasteiger partial charge on any atom is 0.0478 e. The number of aryl methyl sites for hydroxylation is 1. The van der Waals surface area contributed by atoms with E-state index in [9.17, 15) is 0 Å². The van der Waals surface area contributed by atoms with Crippen LogP contribution in [-0.2, 0) is 5.54 Å². The van der Waals surface area contributed by atoms with E-state index in [0.29, 0.717) is 0 Å². The molecule has 1 heterocycles. The van der Waals surface area contributed by atoms with Crippen molar-refractivity contribution in [2.75, 3.05) is 6.61 Å². The topological polar surface area (TPSA) is 46.2 Å². The van der Waals surface area contributed by atoms with E-state index in [1.54, 1.807) is 11.3 Å². The molecule has 0 aliphatic carbocycles. The highest BCUT2D eigenvalue weighted by atomic mass is 32.1. The fraction of sp³-hybridized carbons (Fsp3) is 0.600. The second kappa shape index (κ2) is 4.22. The highest BCUT2D eigenvalue weighted by Crippen LogP contribution is 2.30. The quantitative estimate of drug-likeness (QED) is 0.779. The van der Waals surface area contributed by atoms with Crippen LogP contribution in [0.1, 0.15) is 30.2 Å². The minimum atomic E-state index is -0.277. The zero-order chi connectivity index (χ0) is 9.90. The molecule has 13 heavy (non-hydrogen) atoms. The van der Waals surface area contributed by atoms with Crippen molar-refractivity contribution in [1.82, 2.24) is 0 Å². The van der Waals surface area contributed by atoms with Crippen LogP contribution in [0.2, 0.25) is 0 Å². The molecule has 0 bridgehead atoms. The van der Waals surface area contributed by atoms with E-state index in [1.165, 1.54) is 10.4 Å². The Labute approximate surface area is 83.4 Å². The first-order valence-corrected chi connectivity index (χ1v) is 5.40. The lowest BCUT2D eigenvalue weighted by Gasteiger charge is -2.24. The van der Waals surface area contributed by atoms with E-state index >= 15 is 0 Å². The molecule has 2 nitrogen and oxygen atoms in total. The van der Waals surface area contributed by atoms with Gasteiger partial charge in [0, 0.05) is 17.0 Å². The van der Waals surface area contributed by atoms with E-state index in [4.69, 9.17) is 10.8 Å². The Kier molecular flexibility index (Phi) is 3.47. The summed E-state index contributed by atoms with van der Waals surface area (Å²) in [6.07, 6.45) is 1.61. The maximum atomic E-state index is 8.74. The Balaban J connectivity index is 2.74. The molecular formula is C10H17NOS. The van der Waals surface area contributed by atoms with Crippen LogP contribution in [0.4, 0.5) is 0 Å². The molecule has 3 heteroatoms. The summed E-state index contributed by atoms with van der Waals surface area (Å²) in [5.41, 5.74) is 7.15. The summed E-state index contributed by atoms with van der Waals surface area (Å²) in [5, 5.41) is 10.8. The highest BCUT2D eigenvalue weighted by molar-refractivity contribution is 7.10. The van der Waals surface area contributed by atoms with Crippen LogP contribution in [0.15, 0.2) is 11.4 Å². The van der Waals surface area contributed by atoms with E-state index in [1.807, 2.05) is 6.92 Å². The maximum absolute atomic E-state index is 8.74. The van der Waals surface area contributed by atoms with Gasteiger partial charge in [0.05, 0.1) is 0 Å². The summed E-state index contributed by atoms with van der Waals surface area (Å²) in [5.74, 6) is 0. The minimum absolute atomic E-state index is 0.219. The molecule has 74 valence electrons. The molecule has 0 saturated heterocycles. The zero-order valence-corrected chi connectivity index (χ0v) is 9.03. The molecule has 0 saturated carbocycles. The number of thiophene rings is 1. The third kappa shape index (κ3) is 2.53. The van der Waals surface area contributed by atoms with Gasteiger partial charge in [-0.05, 0) is 43.7 Å². The van der Waals surface area contributed by atoms with Crippen molar-refractivity contribution >= 4 is 11.3 Å². The first-order chi connectivity index (χ1) is 6.08. The van der Waals surface area contributed by atoms with Crippen LogP contribution in [0.25, 0.3) is 0 Å². The van der Waals surface area contributed by atoms with Crippen LogP contribution >= 0.6 is 11.3 Å². The van der Waals surface area contributed by atoms with Crippen molar-refractivity contribution < 1.29 is 5.11 Å². The lowest BCUT2D eigenvalue weighted by molar-refractivity contribution is 0.266. The van der Waals surface area contributed by atoms with Crippen LogP contribution in [0.3, 0.4) is 0 Å². The van der Waals surface area contributed by atoms with Crippen LogP contribution < -0.4 is 5.73 Å². The normalized spacial score (nSPS) is 15.7. The summed E-state index contributed by atoms with van der Waals surface area (Å²) in [7, 11) is 0. The smallest absolute Gasteiger partial charge is 0.0478 e. The van der Waals surface area contributed by atoms with Gasteiger partial charge in [-0.1, -0.05) is 0 Å². The number of hydrogen-bond donors (Lipinski definition) is 2. The number of aliphatic hydroxyl groups is 1. The second-order valence-corrected chi connectivity index (χ2v) is 4.59. The van der Waals surface area contributed by atoms with Gasteiger partial charge in [0.25, 0.3) is 0 Å². The summed E-state index contributed by atoms with van der Waals surface area (Å²) in [4.78, 5) is 1.24. The third-order valence-electron chi connectivity index (χ3n) is 2.24. The highest BCUT2D eigenvalue weighted by Gasteiger charge is 2.23. The average molecular weight is 199 g/mol. The van der Waals surface area contributed by atoms with Gasteiger partial charge in [0.1, 0.15) is 0 Å². The van der Waals surface area contributed by atoms with Gasteiger partial charge in [-0.25, -0.2) is 0 Å². The molecule has 1 unspecified atom stereocenters. The van der Waals surface area contributed by atoms with Crippen LogP contribution in [0.5, 0.6) is 0 Å². The van der Waals surface area contributed by atoms with E-state index in [2.05, 4.69) is 18.4 Å². The van der Waals surface area contributed by atoms with E-state index < -0.39 is 0 Å². The molecule has 1 rings (SSSR count).